The van der Waals surface area contributed by atoms with Crippen molar-refractivity contribution >= 4 is 9.28 Å². The molecular formula is C8H17O4Si. The van der Waals surface area contributed by atoms with Crippen LogP contribution in [-0.2, 0) is 18.3 Å². The number of hydrogen-bond donors (Lipinski definition) is 0. The van der Waals surface area contributed by atoms with Gasteiger partial charge in [0.15, 0.2) is 0 Å². The summed E-state index contributed by atoms with van der Waals surface area (Å²) in [5, 5.41) is 0. The fourth-order valence-electron chi connectivity index (χ4n) is 1.09. The van der Waals surface area contributed by atoms with Crippen LogP contribution in [0, 0.1) is 0 Å². The second kappa shape index (κ2) is 5.72. The summed E-state index contributed by atoms with van der Waals surface area (Å²) in [5.41, 5.74) is 0.101. The molecule has 1 radical (unpaired) electrons. The average molecular weight is 205 g/mol. The zero-order chi connectivity index (χ0) is 9.68. The van der Waals surface area contributed by atoms with Gasteiger partial charge in [-0.2, -0.15) is 0 Å². The smallest absolute Gasteiger partial charge is 0.395 e. The molecule has 0 spiro atoms. The van der Waals surface area contributed by atoms with Crippen molar-refractivity contribution in [2.24, 2.45) is 0 Å². The zero-order valence-corrected chi connectivity index (χ0v) is 9.41. The van der Waals surface area contributed by atoms with Crippen LogP contribution in [0.1, 0.15) is 13.3 Å². The van der Waals surface area contributed by atoms with E-state index in [0.717, 1.165) is 13.0 Å². The Morgan fingerprint density at radius 3 is 2.46 bits per heavy atom. The molecule has 5 heteroatoms. The molecule has 0 aromatic heterocycles. The third kappa shape index (κ3) is 3.74. The molecule has 1 fully saturated rings. The Kier molecular flexibility index (Phi) is 4.90. The van der Waals surface area contributed by atoms with Crippen LogP contribution in [0.5, 0.6) is 0 Å². The summed E-state index contributed by atoms with van der Waals surface area (Å²) < 4.78 is 21.1. The fourth-order valence-corrected chi connectivity index (χ4v) is 2.34. The molecule has 2 unspecified atom stereocenters. The Morgan fingerprint density at radius 2 is 2.08 bits per heavy atom. The maximum Gasteiger partial charge on any atom is 0.416 e. The van der Waals surface area contributed by atoms with Gasteiger partial charge in [0.25, 0.3) is 0 Å². The van der Waals surface area contributed by atoms with Crippen LogP contribution in [-0.4, -0.2) is 48.5 Å². The molecule has 13 heavy (non-hydrogen) atoms. The van der Waals surface area contributed by atoms with Crippen LogP contribution in [0.2, 0.25) is 0 Å². The first-order chi connectivity index (χ1) is 6.31. The van der Waals surface area contributed by atoms with Gasteiger partial charge in [0, 0.05) is 14.2 Å². The minimum Gasteiger partial charge on any atom is -0.395 e. The molecule has 2 atom stereocenters. The van der Waals surface area contributed by atoms with E-state index < -0.39 is 9.28 Å². The van der Waals surface area contributed by atoms with Crippen LogP contribution in [0.3, 0.4) is 0 Å². The van der Waals surface area contributed by atoms with E-state index in [1.165, 1.54) is 0 Å². The largest absolute Gasteiger partial charge is 0.416 e. The van der Waals surface area contributed by atoms with Gasteiger partial charge in [-0.3, -0.25) is 0 Å². The molecule has 1 saturated heterocycles. The van der Waals surface area contributed by atoms with Crippen molar-refractivity contribution in [1.29, 1.82) is 0 Å². The highest BCUT2D eigenvalue weighted by molar-refractivity contribution is 6.45. The molecule has 77 valence electrons. The number of hydrogen-bond acceptors (Lipinski definition) is 4. The average Bonchev–Trinajstić information content (AvgIpc) is 2.96. The molecule has 0 amide bonds. The van der Waals surface area contributed by atoms with Gasteiger partial charge < -0.3 is 18.3 Å². The van der Waals surface area contributed by atoms with Gasteiger partial charge in [-0.15, -0.1) is 0 Å². The molecule has 1 heterocycles. The topological polar surface area (TPSA) is 40.2 Å². The third-order valence-electron chi connectivity index (χ3n) is 1.92. The SMILES string of the molecule is CCC(OCC1CO1)[Si](OC)OC. The Hall–Kier alpha value is 0.0569. The van der Waals surface area contributed by atoms with Crippen LogP contribution in [0.4, 0.5) is 0 Å². The van der Waals surface area contributed by atoms with Gasteiger partial charge in [-0.1, -0.05) is 6.92 Å². The first kappa shape index (κ1) is 11.1. The van der Waals surface area contributed by atoms with Crippen molar-refractivity contribution in [2.75, 3.05) is 27.4 Å². The maximum atomic E-state index is 5.63. The molecule has 0 bridgehead atoms. The van der Waals surface area contributed by atoms with Crippen molar-refractivity contribution < 1.29 is 18.3 Å². The summed E-state index contributed by atoms with van der Waals surface area (Å²) in [6, 6.07) is 0. The van der Waals surface area contributed by atoms with E-state index in [-0.39, 0.29) is 5.73 Å². The fraction of sp³-hybridized carbons (Fsp3) is 1.00. The quantitative estimate of drug-likeness (QED) is 0.448. The highest BCUT2D eigenvalue weighted by Gasteiger charge is 2.29. The van der Waals surface area contributed by atoms with Crippen LogP contribution in [0.15, 0.2) is 0 Å². The normalized spacial score (nSPS) is 23.5. The molecule has 1 rings (SSSR count). The lowest BCUT2D eigenvalue weighted by molar-refractivity contribution is 0.0577. The summed E-state index contributed by atoms with van der Waals surface area (Å²) in [5.74, 6) is 0. The van der Waals surface area contributed by atoms with Crippen LogP contribution < -0.4 is 0 Å². The Morgan fingerprint density at radius 1 is 1.46 bits per heavy atom. The van der Waals surface area contributed by atoms with Crippen molar-refractivity contribution in [3.63, 3.8) is 0 Å². The number of ether oxygens (including phenoxy) is 2. The maximum absolute atomic E-state index is 5.63. The van der Waals surface area contributed by atoms with Crippen molar-refractivity contribution in [3.05, 3.63) is 0 Å². The predicted molar refractivity (Wildman–Crippen MR) is 49.5 cm³/mol. The minimum absolute atomic E-state index is 0.101. The lowest BCUT2D eigenvalue weighted by Gasteiger charge is -2.19. The number of epoxide rings is 1. The van der Waals surface area contributed by atoms with E-state index in [9.17, 15) is 0 Å². The van der Waals surface area contributed by atoms with Gasteiger partial charge in [0.05, 0.1) is 13.2 Å². The molecule has 0 aromatic rings. The Balaban J connectivity index is 2.21. The highest BCUT2D eigenvalue weighted by Crippen LogP contribution is 2.12. The summed E-state index contributed by atoms with van der Waals surface area (Å²) in [6.07, 6.45) is 1.23. The molecule has 0 N–H and O–H groups in total. The van der Waals surface area contributed by atoms with Gasteiger partial charge >= 0.3 is 9.28 Å². The van der Waals surface area contributed by atoms with Crippen LogP contribution in [0.25, 0.3) is 0 Å². The van der Waals surface area contributed by atoms with E-state index in [1.54, 1.807) is 14.2 Å². The van der Waals surface area contributed by atoms with Crippen molar-refractivity contribution in [2.45, 2.75) is 25.2 Å². The summed E-state index contributed by atoms with van der Waals surface area (Å²) >= 11 is 0. The monoisotopic (exact) mass is 205 g/mol. The van der Waals surface area contributed by atoms with E-state index in [1.807, 2.05) is 0 Å². The molecule has 1 aliphatic heterocycles. The van der Waals surface area contributed by atoms with Crippen molar-refractivity contribution in [1.82, 2.24) is 0 Å². The van der Waals surface area contributed by atoms with Crippen molar-refractivity contribution in [3.8, 4) is 0 Å². The van der Waals surface area contributed by atoms with E-state index in [4.69, 9.17) is 18.3 Å². The molecule has 0 saturated carbocycles. The predicted octanol–water partition coefficient (Wildman–Crippen LogP) is 0.501. The van der Waals surface area contributed by atoms with Gasteiger partial charge in [-0.25, -0.2) is 0 Å². The molecule has 0 aromatic carbocycles. The highest BCUT2D eigenvalue weighted by atomic mass is 28.3. The first-order valence-corrected chi connectivity index (χ1v) is 5.89. The Labute approximate surface area is 81.0 Å². The summed E-state index contributed by atoms with van der Waals surface area (Å²) in [4.78, 5) is 0. The first-order valence-electron chi connectivity index (χ1n) is 4.49. The second-order valence-electron chi connectivity index (χ2n) is 2.91. The van der Waals surface area contributed by atoms with E-state index in [0.29, 0.717) is 12.7 Å². The molecular weight excluding hydrogens is 188 g/mol. The molecule has 4 nitrogen and oxygen atoms in total. The summed E-state index contributed by atoms with van der Waals surface area (Å²) in [7, 11) is 2.07. The lowest BCUT2D eigenvalue weighted by atomic mass is 10.5. The van der Waals surface area contributed by atoms with Gasteiger partial charge in [-0.05, 0) is 6.42 Å². The number of rotatable bonds is 7. The summed E-state index contributed by atoms with van der Waals surface area (Å²) in [6.45, 7) is 3.57. The minimum atomic E-state index is -1.26. The van der Waals surface area contributed by atoms with E-state index >= 15 is 0 Å². The molecule has 1 aliphatic rings. The standard InChI is InChI=1S/C8H17O4Si/c1-4-8(13(9-2)10-3)12-6-7-5-11-7/h7-8H,4-6H2,1-3H3. The van der Waals surface area contributed by atoms with E-state index in [2.05, 4.69) is 6.92 Å². The van der Waals surface area contributed by atoms with Crippen LogP contribution >= 0.6 is 0 Å². The second-order valence-corrected chi connectivity index (χ2v) is 5.01. The Bertz CT molecular complexity index is 136. The van der Waals surface area contributed by atoms with Gasteiger partial charge in [0.2, 0.25) is 0 Å². The zero-order valence-electron chi connectivity index (χ0n) is 8.41. The molecule has 0 aliphatic carbocycles. The lowest BCUT2D eigenvalue weighted by Crippen LogP contribution is -2.38. The third-order valence-corrected chi connectivity index (χ3v) is 3.83. The van der Waals surface area contributed by atoms with Gasteiger partial charge in [0.1, 0.15) is 11.8 Å².